The maximum absolute atomic E-state index is 14.3. The molecule has 3 heterocycles. The number of fused-ring (bicyclic) bond motifs is 3. The van der Waals surface area contributed by atoms with Gasteiger partial charge in [0.2, 0.25) is 17.6 Å². The molecule has 1 saturated carbocycles. The minimum Gasteiger partial charge on any atom is -0.363 e. The van der Waals surface area contributed by atoms with E-state index in [9.17, 15) is 32.4 Å². The van der Waals surface area contributed by atoms with Crippen molar-refractivity contribution in [2.45, 2.75) is 121 Å². The Bertz CT molecular complexity index is 1490. The van der Waals surface area contributed by atoms with Crippen LogP contribution >= 0.6 is 11.3 Å². The molecule has 2 aliphatic heterocycles. The van der Waals surface area contributed by atoms with E-state index < -0.39 is 63.2 Å². The van der Waals surface area contributed by atoms with Gasteiger partial charge in [-0.15, -0.1) is 11.3 Å². The lowest BCUT2D eigenvalue weighted by atomic mass is 9.86. The number of thiophene rings is 1. The molecule has 2 saturated heterocycles. The molecule has 13 nitrogen and oxygen atoms in total. The zero-order chi connectivity index (χ0) is 36.3. The summed E-state index contributed by atoms with van der Waals surface area (Å²) < 4.78 is 27.7. The lowest BCUT2D eigenvalue weighted by molar-refractivity contribution is -0.143. The van der Waals surface area contributed by atoms with Gasteiger partial charge in [-0.3, -0.25) is 19.2 Å². The molecule has 4 rings (SSSR count). The van der Waals surface area contributed by atoms with E-state index in [-0.39, 0.29) is 40.3 Å². The molecule has 15 heteroatoms. The van der Waals surface area contributed by atoms with Crippen molar-refractivity contribution in [3.63, 3.8) is 0 Å². The Balaban J connectivity index is 1.55. The summed E-state index contributed by atoms with van der Waals surface area (Å²) in [5.41, 5.74) is 4.60. The molecule has 5 N–H and O–H groups in total. The number of nitrogens with two attached hydrogens (primary N) is 1. The van der Waals surface area contributed by atoms with Crippen molar-refractivity contribution in [1.82, 2.24) is 25.2 Å². The van der Waals surface area contributed by atoms with Gasteiger partial charge in [-0.05, 0) is 47.0 Å². The summed E-state index contributed by atoms with van der Waals surface area (Å²) in [6, 6.07) is -0.861. The molecular formula is C34H54N6O7S2. The summed E-state index contributed by atoms with van der Waals surface area (Å²) in [6.07, 6.45) is 6.51. The SMILES string of the molecule is CN(C[C@@H](NC(=O)N[C@@H]1CCCCCCCCC[C@H](C(=O)C(N)=O)NC(=O)[C@@H]2[C@@H]3[C@H](CN2C1=O)C3(C)C)C(C)(C)C)S(=O)(=O)c1cccs1. The maximum Gasteiger partial charge on any atom is 0.315 e. The number of sulfonamides is 1. The molecule has 5 amide bonds. The van der Waals surface area contributed by atoms with Gasteiger partial charge in [-0.25, -0.2) is 13.2 Å². The van der Waals surface area contributed by atoms with Crippen LogP contribution in [0.4, 0.5) is 4.79 Å². The van der Waals surface area contributed by atoms with Crippen LogP contribution in [-0.2, 0) is 29.2 Å². The van der Waals surface area contributed by atoms with E-state index in [2.05, 4.69) is 16.0 Å². The summed E-state index contributed by atoms with van der Waals surface area (Å²) in [7, 11) is -2.28. The van der Waals surface area contributed by atoms with Crippen molar-refractivity contribution in [3.05, 3.63) is 17.5 Å². The van der Waals surface area contributed by atoms with Crippen LogP contribution in [-0.4, -0.2) is 91.5 Å². The van der Waals surface area contributed by atoms with Crippen molar-refractivity contribution in [2.75, 3.05) is 20.1 Å². The highest BCUT2D eigenvalue weighted by Crippen LogP contribution is 2.65. The number of likely N-dealkylation sites (N-methyl/N-ethyl adjacent to an activating group) is 1. The van der Waals surface area contributed by atoms with Gasteiger partial charge < -0.3 is 26.6 Å². The highest BCUT2D eigenvalue weighted by atomic mass is 32.2. The first-order valence-electron chi connectivity index (χ1n) is 17.4. The monoisotopic (exact) mass is 722 g/mol. The summed E-state index contributed by atoms with van der Waals surface area (Å²) >= 11 is 1.12. The van der Waals surface area contributed by atoms with Gasteiger partial charge in [0, 0.05) is 26.2 Å². The number of carbonyl (C=O) groups is 5. The van der Waals surface area contributed by atoms with Crippen molar-refractivity contribution < 1.29 is 32.4 Å². The second kappa shape index (κ2) is 15.5. The van der Waals surface area contributed by atoms with Gasteiger partial charge in [-0.2, -0.15) is 4.31 Å². The minimum absolute atomic E-state index is 0.00771. The number of ketones is 1. The maximum atomic E-state index is 14.3. The molecule has 1 aromatic heterocycles. The number of carbonyl (C=O) groups excluding carboxylic acids is 5. The number of piperidine rings is 1. The predicted octanol–water partition coefficient (Wildman–Crippen LogP) is 3.00. The van der Waals surface area contributed by atoms with Crippen LogP contribution in [0.3, 0.4) is 0 Å². The van der Waals surface area contributed by atoms with Crippen LogP contribution in [0.2, 0.25) is 0 Å². The number of nitrogens with one attached hydrogen (secondary N) is 3. The summed E-state index contributed by atoms with van der Waals surface area (Å²) in [5.74, 6) is -2.91. The molecule has 3 aliphatic rings. The average molecular weight is 723 g/mol. The van der Waals surface area contributed by atoms with Gasteiger partial charge in [0.15, 0.2) is 0 Å². The predicted molar refractivity (Wildman–Crippen MR) is 187 cm³/mol. The normalized spacial score (nSPS) is 27.4. The van der Waals surface area contributed by atoms with Crippen LogP contribution in [0.1, 0.15) is 92.4 Å². The van der Waals surface area contributed by atoms with Crippen LogP contribution in [0.15, 0.2) is 21.7 Å². The molecule has 0 aromatic carbocycles. The van der Waals surface area contributed by atoms with Gasteiger partial charge in [-0.1, -0.05) is 85.6 Å². The van der Waals surface area contributed by atoms with Crippen LogP contribution in [0.5, 0.6) is 0 Å². The molecular weight excluding hydrogens is 669 g/mol. The quantitative estimate of drug-likeness (QED) is 0.297. The number of hydrogen-bond donors (Lipinski definition) is 4. The van der Waals surface area contributed by atoms with Gasteiger partial charge in [0.1, 0.15) is 16.3 Å². The standard InChI is InChI=1S/C34H54N6O7S2/c1-33(2,3)24(20-39(6)49(46,47)25-17-14-18-48-25)38-32(45)37-23-16-13-11-9-7-8-10-12-15-22(28(41)29(35)42)36-30(43)27-26-21(34(26,4)5)19-40(27)31(23)44/h14,17-18,21-24,26-27H,7-13,15-16,19-20H2,1-6H3,(H2,35,42)(H,36,43)(H2,37,38,45)/t21-,22+,23+,24+,26-,27-/m0/s1. The third-order valence-electron chi connectivity index (χ3n) is 10.7. The first-order chi connectivity index (χ1) is 22.9. The van der Waals surface area contributed by atoms with E-state index in [1.807, 2.05) is 34.6 Å². The second-order valence-corrected chi connectivity index (χ2v) is 18.8. The van der Waals surface area contributed by atoms with Crippen molar-refractivity contribution in [2.24, 2.45) is 28.4 Å². The van der Waals surface area contributed by atoms with E-state index in [0.29, 0.717) is 25.8 Å². The molecule has 274 valence electrons. The molecule has 0 spiro atoms. The molecule has 1 aromatic rings. The fraction of sp³-hybridized carbons (Fsp3) is 0.735. The topological polar surface area (TPSA) is 188 Å². The zero-order valence-corrected chi connectivity index (χ0v) is 31.3. The number of nitrogens with zero attached hydrogens (tertiary/aromatic N) is 2. The van der Waals surface area contributed by atoms with Crippen LogP contribution < -0.4 is 21.7 Å². The highest BCUT2D eigenvalue weighted by molar-refractivity contribution is 7.91. The van der Waals surface area contributed by atoms with E-state index in [0.717, 1.165) is 43.4 Å². The fourth-order valence-electron chi connectivity index (χ4n) is 7.36. The Morgan fingerprint density at radius 3 is 2.27 bits per heavy atom. The average Bonchev–Trinajstić information content (AvgIpc) is 3.48. The Morgan fingerprint density at radius 1 is 1.08 bits per heavy atom. The molecule has 0 unspecified atom stereocenters. The summed E-state index contributed by atoms with van der Waals surface area (Å²) in [6.45, 7) is 10.1. The first kappa shape index (κ1) is 38.8. The summed E-state index contributed by atoms with van der Waals surface area (Å²) in [4.78, 5) is 67.9. The van der Waals surface area contributed by atoms with Crippen LogP contribution in [0, 0.1) is 22.7 Å². The van der Waals surface area contributed by atoms with E-state index >= 15 is 0 Å². The molecule has 49 heavy (non-hydrogen) atoms. The van der Waals surface area contributed by atoms with Gasteiger partial charge in [0.25, 0.3) is 15.9 Å². The van der Waals surface area contributed by atoms with Gasteiger partial charge >= 0.3 is 6.03 Å². The number of primary amides is 1. The lowest BCUT2D eigenvalue weighted by Gasteiger charge is -2.36. The van der Waals surface area contributed by atoms with Gasteiger partial charge in [0.05, 0.1) is 6.04 Å². The number of hydrogen-bond acceptors (Lipinski definition) is 8. The van der Waals surface area contributed by atoms with Crippen LogP contribution in [0.25, 0.3) is 0 Å². The van der Waals surface area contributed by atoms with E-state index in [1.165, 1.54) is 22.3 Å². The Labute approximate surface area is 294 Å². The molecule has 0 bridgehead atoms. The first-order valence-corrected chi connectivity index (χ1v) is 19.7. The molecule has 0 radical (unpaired) electrons. The number of rotatable bonds is 8. The van der Waals surface area contributed by atoms with Crippen molar-refractivity contribution >= 4 is 50.9 Å². The van der Waals surface area contributed by atoms with E-state index in [1.54, 1.807) is 11.4 Å². The third-order valence-corrected chi connectivity index (χ3v) is 13.9. The molecule has 6 atom stereocenters. The lowest BCUT2D eigenvalue weighted by Crippen LogP contribution is -2.60. The smallest absolute Gasteiger partial charge is 0.315 e. The largest absolute Gasteiger partial charge is 0.363 e. The molecule has 1 aliphatic carbocycles. The van der Waals surface area contributed by atoms with Crippen molar-refractivity contribution in [1.29, 1.82) is 0 Å². The zero-order valence-electron chi connectivity index (χ0n) is 29.6. The summed E-state index contributed by atoms with van der Waals surface area (Å²) in [5, 5.41) is 10.3. The molecule has 3 fully saturated rings. The number of Topliss-reactive ketones (excluding diaryl/α,β-unsaturated/α-hetero) is 1. The number of amides is 5. The van der Waals surface area contributed by atoms with E-state index in [4.69, 9.17) is 5.73 Å². The fourth-order valence-corrected chi connectivity index (χ4v) is 9.75. The minimum atomic E-state index is -3.76. The third kappa shape index (κ3) is 9.01. The highest BCUT2D eigenvalue weighted by Gasteiger charge is 2.69. The Hall–Kier alpha value is -3.04. The second-order valence-electron chi connectivity index (χ2n) is 15.5. The Morgan fingerprint density at radius 2 is 1.69 bits per heavy atom. The van der Waals surface area contributed by atoms with Crippen molar-refractivity contribution in [3.8, 4) is 0 Å². The Kier molecular flexibility index (Phi) is 12.2. The number of urea groups is 1.